The molecule has 3 aromatic carbocycles. The summed E-state index contributed by atoms with van der Waals surface area (Å²) in [7, 11) is 0. The number of carbonyl (C=O) groups excluding carboxylic acids is 3. The van der Waals surface area contributed by atoms with Crippen molar-refractivity contribution in [1.29, 1.82) is 0 Å². The highest BCUT2D eigenvalue weighted by atomic mass is 79.9. The van der Waals surface area contributed by atoms with Crippen LogP contribution < -0.4 is 10.2 Å². The van der Waals surface area contributed by atoms with Crippen LogP contribution in [0.4, 0.5) is 11.4 Å². The zero-order chi connectivity index (χ0) is 22.0. The van der Waals surface area contributed by atoms with Crippen LogP contribution in [0.15, 0.2) is 82.2 Å². The molecule has 1 heterocycles. The van der Waals surface area contributed by atoms with Gasteiger partial charge < -0.3 is 5.32 Å². The molecule has 3 amide bonds. The second kappa shape index (κ2) is 9.26. The minimum absolute atomic E-state index is 0.0761. The average molecular weight is 516 g/mol. The van der Waals surface area contributed by atoms with Gasteiger partial charge in [-0.05, 0) is 60.7 Å². The standard InChI is InChI=1S/C23H16BrClN2O3S/c24-14-5-11-17(12-6-14)27-21(28)13-20(23(27)30)31-19-4-2-1-3-18(19)22(29)26-16-9-7-15(25)8-10-16/h1-12,20H,13H2,(H,26,29). The molecule has 8 heteroatoms. The van der Waals surface area contributed by atoms with Gasteiger partial charge in [0.25, 0.3) is 5.91 Å². The monoisotopic (exact) mass is 514 g/mol. The Morgan fingerprint density at radius 3 is 2.39 bits per heavy atom. The number of hydrogen-bond donors (Lipinski definition) is 1. The minimum atomic E-state index is -0.597. The molecule has 156 valence electrons. The predicted octanol–water partition coefficient (Wildman–Crippen LogP) is 5.78. The van der Waals surface area contributed by atoms with Crippen LogP contribution in [0.25, 0.3) is 0 Å². The molecule has 1 saturated heterocycles. The number of carbonyl (C=O) groups is 3. The summed E-state index contributed by atoms with van der Waals surface area (Å²) in [6.45, 7) is 0. The first-order valence-corrected chi connectivity index (χ1v) is 11.4. The van der Waals surface area contributed by atoms with Crippen LogP contribution in [0.2, 0.25) is 5.02 Å². The van der Waals surface area contributed by atoms with Gasteiger partial charge in [-0.1, -0.05) is 39.7 Å². The summed E-state index contributed by atoms with van der Waals surface area (Å²) < 4.78 is 0.863. The molecule has 1 aliphatic rings. The Hall–Kier alpha value is -2.61. The maximum absolute atomic E-state index is 13.0. The average Bonchev–Trinajstić information content (AvgIpc) is 3.04. The normalized spacial score (nSPS) is 15.9. The molecule has 3 aromatic rings. The highest BCUT2D eigenvalue weighted by Crippen LogP contribution is 2.36. The van der Waals surface area contributed by atoms with E-state index in [-0.39, 0.29) is 24.1 Å². The lowest BCUT2D eigenvalue weighted by molar-refractivity contribution is -0.121. The topological polar surface area (TPSA) is 66.5 Å². The number of rotatable bonds is 5. The van der Waals surface area contributed by atoms with E-state index in [9.17, 15) is 14.4 Å². The van der Waals surface area contributed by atoms with Crippen LogP contribution in [0.1, 0.15) is 16.8 Å². The summed E-state index contributed by atoms with van der Waals surface area (Å²) in [6.07, 6.45) is 0.0761. The lowest BCUT2D eigenvalue weighted by Gasteiger charge is -2.16. The number of imide groups is 1. The summed E-state index contributed by atoms with van der Waals surface area (Å²) in [6, 6.07) is 20.9. The fraction of sp³-hybridized carbons (Fsp3) is 0.0870. The van der Waals surface area contributed by atoms with Crippen LogP contribution in [0, 0.1) is 0 Å². The number of hydrogen-bond acceptors (Lipinski definition) is 4. The smallest absolute Gasteiger partial charge is 0.256 e. The van der Waals surface area contributed by atoms with Gasteiger partial charge >= 0.3 is 0 Å². The third-order valence-electron chi connectivity index (χ3n) is 4.69. The first-order valence-electron chi connectivity index (χ1n) is 9.37. The molecule has 4 rings (SSSR count). The van der Waals surface area contributed by atoms with Gasteiger partial charge in [-0.15, -0.1) is 11.8 Å². The van der Waals surface area contributed by atoms with Gasteiger partial charge in [0.15, 0.2) is 0 Å². The second-order valence-electron chi connectivity index (χ2n) is 6.81. The molecule has 0 aromatic heterocycles. The molecule has 1 N–H and O–H groups in total. The molecule has 0 spiro atoms. The lowest BCUT2D eigenvalue weighted by atomic mass is 10.2. The van der Waals surface area contributed by atoms with E-state index in [0.717, 1.165) is 4.47 Å². The van der Waals surface area contributed by atoms with E-state index in [1.807, 2.05) is 0 Å². The third-order valence-corrected chi connectivity index (χ3v) is 6.74. The van der Waals surface area contributed by atoms with Crippen LogP contribution in [-0.4, -0.2) is 23.0 Å². The molecule has 1 unspecified atom stereocenters. The Bertz CT molecular complexity index is 1150. The van der Waals surface area contributed by atoms with Gasteiger partial charge in [-0.25, -0.2) is 4.90 Å². The molecule has 1 atom stereocenters. The molecule has 31 heavy (non-hydrogen) atoms. The van der Waals surface area contributed by atoms with Gasteiger partial charge in [0.1, 0.15) is 0 Å². The highest BCUT2D eigenvalue weighted by molar-refractivity contribution is 9.10. The number of halogens is 2. The van der Waals surface area contributed by atoms with E-state index < -0.39 is 5.25 Å². The van der Waals surface area contributed by atoms with Crippen molar-refractivity contribution >= 4 is 68.4 Å². The van der Waals surface area contributed by atoms with Crippen molar-refractivity contribution in [1.82, 2.24) is 0 Å². The van der Waals surface area contributed by atoms with Crippen molar-refractivity contribution in [2.45, 2.75) is 16.6 Å². The molecule has 1 aliphatic heterocycles. The fourth-order valence-corrected chi connectivity index (χ4v) is 4.77. The largest absolute Gasteiger partial charge is 0.322 e. The third kappa shape index (κ3) is 4.84. The predicted molar refractivity (Wildman–Crippen MR) is 127 cm³/mol. The summed E-state index contributed by atoms with van der Waals surface area (Å²) in [5.74, 6) is -0.842. The zero-order valence-electron chi connectivity index (χ0n) is 16.0. The van der Waals surface area contributed by atoms with Crippen LogP contribution >= 0.6 is 39.3 Å². The molecular formula is C23H16BrClN2O3S. The molecule has 0 bridgehead atoms. The van der Waals surface area contributed by atoms with E-state index >= 15 is 0 Å². The number of amides is 3. The molecule has 0 aliphatic carbocycles. The van der Waals surface area contributed by atoms with E-state index in [2.05, 4.69) is 21.2 Å². The number of benzene rings is 3. The van der Waals surface area contributed by atoms with Crippen molar-refractivity contribution in [3.63, 3.8) is 0 Å². The Morgan fingerprint density at radius 2 is 1.68 bits per heavy atom. The molecule has 0 saturated carbocycles. The van der Waals surface area contributed by atoms with Crippen molar-refractivity contribution in [3.8, 4) is 0 Å². The first-order chi connectivity index (χ1) is 14.9. The Balaban J connectivity index is 1.53. The number of nitrogens with one attached hydrogen (secondary N) is 1. The number of anilines is 2. The lowest BCUT2D eigenvalue weighted by Crippen LogP contribution is -2.31. The zero-order valence-corrected chi connectivity index (χ0v) is 19.2. The highest BCUT2D eigenvalue weighted by Gasteiger charge is 2.40. The quantitative estimate of drug-likeness (QED) is 0.438. The second-order valence-corrected chi connectivity index (χ2v) is 9.41. The van der Waals surface area contributed by atoms with Gasteiger partial charge in [0.05, 0.1) is 16.5 Å². The van der Waals surface area contributed by atoms with E-state index in [4.69, 9.17) is 11.6 Å². The Kier molecular flexibility index (Phi) is 6.46. The van der Waals surface area contributed by atoms with Gasteiger partial charge in [-0.2, -0.15) is 0 Å². The number of nitrogens with zero attached hydrogens (tertiary/aromatic N) is 1. The summed E-state index contributed by atoms with van der Waals surface area (Å²) in [4.78, 5) is 40.2. The van der Waals surface area contributed by atoms with Crippen LogP contribution in [0.5, 0.6) is 0 Å². The number of thioether (sulfide) groups is 1. The van der Waals surface area contributed by atoms with E-state index in [1.54, 1.807) is 72.8 Å². The maximum Gasteiger partial charge on any atom is 0.256 e. The van der Waals surface area contributed by atoms with Crippen molar-refractivity contribution in [3.05, 3.63) is 87.9 Å². The first kappa shape index (κ1) is 21.6. The molecular weight excluding hydrogens is 500 g/mol. The molecule has 5 nitrogen and oxygen atoms in total. The van der Waals surface area contributed by atoms with Crippen molar-refractivity contribution < 1.29 is 14.4 Å². The Morgan fingerprint density at radius 1 is 1.00 bits per heavy atom. The van der Waals surface area contributed by atoms with Crippen LogP contribution in [-0.2, 0) is 9.59 Å². The Labute approximate surface area is 196 Å². The molecule has 0 radical (unpaired) electrons. The van der Waals surface area contributed by atoms with Crippen LogP contribution in [0.3, 0.4) is 0 Å². The SMILES string of the molecule is O=C(Nc1ccc(Cl)cc1)c1ccccc1SC1CC(=O)N(c2ccc(Br)cc2)C1=O. The minimum Gasteiger partial charge on any atom is -0.322 e. The van der Waals surface area contributed by atoms with Crippen molar-refractivity contribution in [2.24, 2.45) is 0 Å². The van der Waals surface area contributed by atoms with Gasteiger partial charge in [0, 0.05) is 26.5 Å². The van der Waals surface area contributed by atoms with E-state index in [1.165, 1.54) is 16.7 Å². The summed E-state index contributed by atoms with van der Waals surface area (Å²) in [5, 5.41) is 2.81. The maximum atomic E-state index is 13.0. The van der Waals surface area contributed by atoms with Gasteiger partial charge in [-0.3, -0.25) is 14.4 Å². The summed E-state index contributed by atoms with van der Waals surface area (Å²) in [5.41, 5.74) is 1.59. The van der Waals surface area contributed by atoms with E-state index in [0.29, 0.717) is 26.9 Å². The van der Waals surface area contributed by atoms with Gasteiger partial charge in [0.2, 0.25) is 11.8 Å². The van der Waals surface area contributed by atoms with Crippen molar-refractivity contribution in [2.75, 3.05) is 10.2 Å². The fourth-order valence-electron chi connectivity index (χ4n) is 3.20. The molecule has 1 fully saturated rings. The summed E-state index contributed by atoms with van der Waals surface area (Å²) >= 11 is 10.5.